The fourth-order valence-electron chi connectivity index (χ4n) is 1.94. The lowest BCUT2D eigenvalue weighted by Gasteiger charge is -2.15. The minimum atomic E-state index is -3.52. The first-order valence-electron chi connectivity index (χ1n) is 6.31. The number of hydrogen-bond acceptors (Lipinski definition) is 4. The molecule has 108 valence electrons. The van der Waals surface area contributed by atoms with Crippen LogP contribution in [0.1, 0.15) is 32.1 Å². The molecule has 19 heavy (non-hydrogen) atoms. The third-order valence-corrected chi connectivity index (χ3v) is 3.37. The Morgan fingerprint density at radius 2 is 2.05 bits per heavy atom. The second-order valence-corrected chi connectivity index (χ2v) is 6.47. The van der Waals surface area contributed by atoms with Crippen molar-refractivity contribution in [3.8, 4) is 0 Å². The first-order chi connectivity index (χ1) is 8.87. The Balaban J connectivity index is 2.18. The van der Waals surface area contributed by atoms with Gasteiger partial charge >= 0.3 is 0 Å². The molecular formula is C12H20N2O4S. The third kappa shape index (κ3) is 7.61. The van der Waals surface area contributed by atoms with Crippen LogP contribution >= 0.6 is 0 Å². The van der Waals surface area contributed by atoms with Crippen molar-refractivity contribution >= 4 is 21.8 Å². The highest BCUT2D eigenvalue weighted by molar-refractivity contribution is 7.89. The molecule has 0 bridgehead atoms. The van der Waals surface area contributed by atoms with E-state index in [2.05, 4.69) is 17.5 Å². The molecule has 1 atom stereocenters. The Hall–Kier alpha value is -1.37. The molecule has 0 saturated heterocycles. The average Bonchev–Trinajstić information content (AvgIpc) is 2.27. The maximum absolute atomic E-state index is 11.6. The lowest BCUT2D eigenvalue weighted by molar-refractivity contribution is -0.122. The van der Waals surface area contributed by atoms with Gasteiger partial charge in [0.2, 0.25) is 21.8 Å². The van der Waals surface area contributed by atoms with Crippen LogP contribution in [-0.2, 0) is 19.6 Å². The van der Waals surface area contributed by atoms with Crippen molar-refractivity contribution in [2.75, 3.05) is 12.8 Å². The van der Waals surface area contributed by atoms with Gasteiger partial charge < -0.3 is 5.32 Å². The number of allylic oxidation sites excluding steroid dienone is 2. The van der Waals surface area contributed by atoms with Crippen LogP contribution in [0, 0.1) is 5.92 Å². The van der Waals surface area contributed by atoms with E-state index in [0.717, 1.165) is 25.5 Å². The molecule has 0 aliphatic heterocycles. The molecule has 0 fully saturated rings. The number of carbonyl (C=O) groups is 2. The van der Waals surface area contributed by atoms with Crippen LogP contribution in [0.25, 0.3) is 0 Å². The molecule has 1 aliphatic carbocycles. The summed E-state index contributed by atoms with van der Waals surface area (Å²) in [6.45, 7) is 0.149. The summed E-state index contributed by atoms with van der Waals surface area (Å²) in [5, 5.41) is 2.62. The van der Waals surface area contributed by atoms with Crippen molar-refractivity contribution in [2.45, 2.75) is 32.1 Å². The molecule has 6 nitrogen and oxygen atoms in total. The van der Waals surface area contributed by atoms with Gasteiger partial charge in [0.1, 0.15) is 0 Å². The quantitative estimate of drug-likeness (QED) is 0.688. The molecule has 0 heterocycles. The van der Waals surface area contributed by atoms with Crippen LogP contribution < -0.4 is 10.0 Å². The zero-order valence-electron chi connectivity index (χ0n) is 11.0. The molecule has 0 saturated carbocycles. The Bertz CT molecular complexity index is 456. The summed E-state index contributed by atoms with van der Waals surface area (Å²) >= 11 is 0. The van der Waals surface area contributed by atoms with Gasteiger partial charge in [-0.25, -0.2) is 8.42 Å². The zero-order valence-corrected chi connectivity index (χ0v) is 11.8. The molecule has 0 aromatic heterocycles. The number of amides is 2. The standard InChI is InChI=1S/C12H20N2O4S/c1-19(17,18)14-11(15)7-8-13-12(16)9-10-5-3-2-4-6-10/h3,5,10H,2,4,6-9H2,1H3,(H,13,16)(H,14,15)/t10-/m0/s1. The molecule has 2 amide bonds. The van der Waals surface area contributed by atoms with E-state index in [0.29, 0.717) is 6.42 Å². The summed E-state index contributed by atoms with van der Waals surface area (Å²) in [7, 11) is -3.52. The molecule has 0 aromatic carbocycles. The molecule has 0 unspecified atom stereocenters. The maximum atomic E-state index is 11.6. The number of rotatable bonds is 6. The van der Waals surface area contributed by atoms with Gasteiger partial charge in [-0.15, -0.1) is 0 Å². The Morgan fingerprint density at radius 3 is 2.63 bits per heavy atom. The largest absolute Gasteiger partial charge is 0.356 e. The van der Waals surface area contributed by atoms with Crippen LogP contribution in [0.4, 0.5) is 0 Å². The lowest BCUT2D eigenvalue weighted by Crippen LogP contribution is -2.34. The van der Waals surface area contributed by atoms with Gasteiger partial charge in [-0.3, -0.25) is 14.3 Å². The minimum Gasteiger partial charge on any atom is -0.356 e. The summed E-state index contributed by atoms with van der Waals surface area (Å²) in [5.41, 5.74) is 0. The van der Waals surface area contributed by atoms with Gasteiger partial charge in [-0.05, 0) is 25.2 Å². The third-order valence-electron chi connectivity index (χ3n) is 2.77. The topological polar surface area (TPSA) is 92.3 Å². The van der Waals surface area contributed by atoms with Crippen LogP contribution in [0.5, 0.6) is 0 Å². The van der Waals surface area contributed by atoms with Crippen molar-refractivity contribution in [1.82, 2.24) is 10.0 Å². The summed E-state index contributed by atoms with van der Waals surface area (Å²) in [6, 6.07) is 0. The average molecular weight is 288 g/mol. The molecule has 7 heteroatoms. The summed E-state index contributed by atoms with van der Waals surface area (Å²) in [5.74, 6) is -0.442. The van der Waals surface area contributed by atoms with E-state index in [4.69, 9.17) is 0 Å². The van der Waals surface area contributed by atoms with Gasteiger partial charge in [-0.1, -0.05) is 12.2 Å². The number of hydrogen-bond donors (Lipinski definition) is 2. The van der Waals surface area contributed by atoms with Crippen molar-refractivity contribution in [2.24, 2.45) is 5.92 Å². The highest BCUT2D eigenvalue weighted by atomic mass is 32.2. The molecule has 0 radical (unpaired) electrons. The summed E-state index contributed by atoms with van der Waals surface area (Å²) in [6.07, 6.45) is 8.62. The fraction of sp³-hybridized carbons (Fsp3) is 0.667. The lowest BCUT2D eigenvalue weighted by atomic mass is 9.93. The Kier molecular flexibility index (Phi) is 6.01. The monoisotopic (exact) mass is 288 g/mol. The van der Waals surface area contributed by atoms with Crippen LogP contribution in [0.15, 0.2) is 12.2 Å². The SMILES string of the molecule is CS(=O)(=O)NC(=O)CCNC(=O)C[C@H]1C=CCCC1. The second-order valence-electron chi connectivity index (χ2n) is 4.72. The van der Waals surface area contributed by atoms with Gasteiger partial charge in [0.15, 0.2) is 0 Å². The molecule has 0 aromatic rings. The Morgan fingerprint density at radius 1 is 1.32 bits per heavy atom. The van der Waals surface area contributed by atoms with Crippen molar-refractivity contribution in [3.63, 3.8) is 0 Å². The zero-order chi connectivity index (χ0) is 14.3. The number of nitrogens with one attached hydrogen (secondary N) is 2. The van der Waals surface area contributed by atoms with Crippen molar-refractivity contribution in [1.29, 1.82) is 0 Å². The van der Waals surface area contributed by atoms with Gasteiger partial charge in [0.25, 0.3) is 0 Å². The Labute approximate surface area is 113 Å². The summed E-state index contributed by atoms with van der Waals surface area (Å²) in [4.78, 5) is 22.8. The summed E-state index contributed by atoms with van der Waals surface area (Å²) < 4.78 is 23.4. The van der Waals surface area contributed by atoms with Crippen LogP contribution in [0.3, 0.4) is 0 Å². The van der Waals surface area contributed by atoms with Crippen LogP contribution in [-0.4, -0.2) is 33.0 Å². The highest BCUT2D eigenvalue weighted by Gasteiger charge is 2.13. The van der Waals surface area contributed by atoms with E-state index in [-0.39, 0.29) is 24.8 Å². The first-order valence-corrected chi connectivity index (χ1v) is 8.20. The van der Waals surface area contributed by atoms with Gasteiger partial charge in [0, 0.05) is 19.4 Å². The first kappa shape index (κ1) is 15.7. The molecule has 1 aliphatic rings. The smallest absolute Gasteiger partial charge is 0.235 e. The highest BCUT2D eigenvalue weighted by Crippen LogP contribution is 2.19. The van der Waals surface area contributed by atoms with E-state index in [9.17, 15) is 18.0 Å². The molecule has 2 N–H and O–H groups in total. The molecule has 1 rings (SSSR count). The van der Waals surface area contributed by atoms with E-state index in [1.54, 1.807) is 0 Å². The molecular weight excluding hydrogens is 268 g/mol. The van der Waals surface area contributed by atoms with E-state index in [1.807, 2.05) is 4.72 Å². The predicted molar refractivity (Wildman–Crippen MR) is 71.7 cm³/mol. The maximum Gasteiger partial charge on any atom is 0.235 e. The predicted octanol–water partition coefficient (Wildman–Crippen LogP) is 0.315. The number of carbonyl (C=O) groups excluding carboxylic acids is 2. The van der Waals surface area contributed by atoms with Crippen molar-refractivity contribution < 1.29 is 18.0 Å². The normalized spacial score (nSPS) is 18.9. The molecule has 0 spiro atoms. The van der Waals surface area contributed by atoms with Crippen molar-refractivity contribution in [3.05, 3.63) is 12.2 Å². The van der Waals surface area contributed by atoms with Gasteiger partial charge in [0.05, 0.1) is 6.26 Å². The van der Waals surface area contributed by atoms with E-state index in [1.165, 1.54) is 0 Å². The van der Waals surface area contributed by atoms with E-state index < -0.39 is 15.9 Å². The van der Waals surface area contributed by atoms with Gasteiger partial charge in [-0.2, -0.15) is 0 Å². The second kappa shape index (κ2) is 7.28. The minimum absolute atomic E-state index is 0.0423. The van der Waals surface area contributed by atoms with Crippen LogP contribution in [0.2, 0.25) is 0 Å². The fourth-order valence-corrected chi connectivity index (χ4v) is 2.45. The van der Waals surface area contributed by atoms with E-state index >= 15 is 0 Å². The number of sulfonamides is 1.